The third kappa shape index (κ3) is 4.89. The van der Waals surface area contributed by atoms with E-state index in [0.717, 1.165) is 5.56 Å². The lowest BCUT2D eigenvalue weighted by molar-refractivity contribution is 0.0946. The third-order valence-corrected chi connectivity index (χ3v) is 4.15. The van der Waals surface area contributed by atoms with Crippen LogP contribution in [0.5, 0.6) is 11.5 Å². The van der Waals surface area contributed by atoms with E-state index in [1.54, 1.807) is 50.6 Å². The monoisotopic (exact) mass is 398 g/mol. The molecule has 0 fully saturated rings. The van der Waals surface area contributed by atoms with Crippen molar-refractivity contribution in [2.24, 2.45) is 0 Å². The summed E-state index contributed by atoms with van der Waals surface area (Å²) in [5, 5.41) is 6.53. The molecule has 1 aromatic heterocycles. The minimum absolute atomic E-state index is 0.256. The fraction of sp³-hybridized carbons (Fsp3) is 0.150. The van der Waals surface area contributed by atoms with Crippen LogP contribution in [0.4, 0.5) is 11.6 Å². The van der Waals surface area contributed by atoms with Crippen molar-refractivity contribution in [3.63, 3.8) is 0 Å². The number of aromatic nitrogens is 2. The Morgan fingerprint density at radius 1 is 1.04 bits per heavy atom. The number of hydrogen-bond acceptors (Lipinski definition) is 6. The normalized spacial score (nSPS) is 10.2. The summed E-state index contributed by atoms with van der Waals surface area (Å²) in [6, 6.07) is 14.1. The number of nitrogens with zero attached hydrogens (tertiary/aromatic N) is 2. The minimum Gasteiger partial charge on any atom is -0.493 e. The van der Waals surface area contributed by atoms with Crippen molar-refractivity contribution in [3.05, 3.63) is 71.0 Å². The molecule has 1 heterocycles. The number of carbonyl (C=O) groups is 1. The number of nitrogens with one attached hydrogen (secondary N) is 2. The molecule has 7 nitrogen and oxygen atoms in total. The average Bonchev–Trinajstić information content (AvgIpc) is 2.73. The van der Waals surface area contributed by atoms with Gasteiger partial charge in [-0.3, -0.25) is 4.79 Å². The number of methoxy groups -OCH3 is 2. The average molecular weight is 399 g/mol. The Hall–Kier alpha value is -3.32. The van der Waals surface area contributed by atoms with E-state index in [1.807, 2.05) is 12.1 Å². The Bertz CT molecular complexity index is 964. The highest BCUT2D eigenvalue weighted by molar-refractivity contribution is 6.30. The summed E-state index contributed by atoms with van der Waals surface area (Å²) >= 11 is 5.86. The first-order valence-corrected chi connectivity index (χ1v) is 8.81. The van der Waals surface area contributed by atoms with Crippen molar-refractivity contribution < 1.29 is 14.3 Å². The van der Waals surface area contributed by atoms with Gasteiger partial charge in [0.25, 0.3) is 5.91 Å². The molecule has 2 aromatic carbocycles. The number of hydrogen-bond donors (Lipinski definition) is 2. The van der Waals surface area contributed by atoms with Crippen LogP contribution in [0.1, 0.15) is 16.1 Å². The molecule has 8 heteroatoms. The van der Waals surface area contributed by atoms with E-state index in [9.17, 15) is 4.79 Å². The third-order valence-electron chi connectivity index (χ3n) is 3.89. The van der Waals surface area contributed by atoms with Crippen molar-refractivity contribution in [1.29, 1.82) is 0 Å². The molecule has 28 heavy (non-hydrogen) atoms. The fourth-order valence-electron chi connectivity index (χ4n) is 2.46. The molecule has 0 aliphatic heterocycles. The smallest absolute Gasteiger partial charge is 0.270 e. The summed E-state index contributed by atoms with van der Waals surface area (Å²) in [6.45, 7) is 0.373. The summed E-state index contributed by atoms with van der Waals surface area (Å²) in [5.74, 6) is 1.19. The molecule has 0 saturated heterocycles. The van der Waals surface area contributed by atoms with Crippen LogP contribution < -0.4 is 20.1 Å². The van der Waals surface area contributed by atoms with E-state index in [-0.39, 0.29) is 11.6 Å². The number of rotatable bonds is 7. The van der Waals surface area contributed by atoms with Crippen molar-refractivity contribution >= 4 is 29.1 Å². The van der Waals surface area contributed by atoms with Gasteiger partial charge in [-0.05, 0) is 35.9 Å². The predicted molar refractivity (Wildman–Crippen MR) is 107 cm³/mol. The van der Waals surface area contributed by atoms with Gasteiger partial charge in [0.2, 0.25) is 5.95 Å². The van der Waals surface area contributed by atoms with Crippen LogP contribution in [0, 0.1) is 0 Å². The summed E-state index contributed by atoms with van der Waals surface area (Å²) in [6.07, 6.45) is 1.52. The van der Waals surface area contributed by atoms with Gasteiger partial charge in [-0.1, -0.05) is 23.7 Å². The number of ether oxygens (including phenoxy) is 2. The zero-order valence-electron chi connectivity index (χ0n) is 15.4. The topological polar surface area (TPSA) is 85.4 Å². The highest BCUT2D eigenvalue weighted by Gasteiger charge is 2.10. The lowest BCUT2D eigenvalue weighted by Gasteiger charge is -2.11. The minimum atomic E-state index is -0.298. The van der Waals surface area contributed by atoms with Gasteiger partial charge in [0.05, 0.1) is 14.2 Å². The molecule has 144 valence electrons. The number of carbonyl (C=O) groups excluding carboxylic acids is 1. The van der Waals surface area contributed by atoms with Gasteiger partial charge in [-0.15, -0.1) is 0 Å². The van der Waals surface area contributed by atoms with E-state index in [0.29, 0.717) is 34.7 Å². The second kappa shape index (κ2) is 9.05. The lowest BCUT2D eigenvalue weighted by Crippen LogP contribution is -2.24. The highest BCUT2D eigenvalue weighted by Crippen LogP contribution is 2.30. The van der Waals surface area contributed by atoms with Crippen LogP contribution in [0.15, 0.2) is 54.7 Å². The maximum absolute atomic E-state index is 12.4. The van der Waals surface area contributed by atoms with Crippen molar-refractivity contribution in [1.82, 2.24) is 15.3 Å². The van der Waals surface area contributed by atoms with E-state index >= 15 is 0 Å². The van der Waals surface area contributed by atoms with Crippen LogP contribution in [0.3, 0.4) is 0 Å². The largest absolute Gasteiger partial charge is 0.493 e. The van der Waals surface area contributed by atoms with Gasteiger partial charge in [-0.2, -0.15) is 0 Å². The molecule has 0 aliphatic carbocycles. The van der Waals surface area contributed by atoms with Gasteiger partial charge < -0.3 is 20.1 Å². The fourth-order valence-corrected chi connectivity index (χ4v) is 2.59. The van der Waals surface area contributed by atoms with E-state index < -0.39 is 0 Å². The second-order valence-corrected chi connectivity index (χ2v) is 6.21. The molecule has 0 atom stereocenters. The Morgan fingerprint density at radius 3 is 2.50 bits per heavy atom. The zero-order chi connectivity index (χ0) is 19.9. The Balaban J connectivity index is 1.67. The second-order valence-electron chi connectivity index (χ2n) is 5.77. The molecule has 3 rings (SSSR count). The first-order chi connectivity index (χ1) is 13.6. The maximum atomic E-state index is 12.4. The van der Waals surface area contributed by atoms with Gasteiger partial charge in [0, 0.05) is 29.5 Å². The van der Waals surface area contributed by atoms with Crippen LogP contribution in [-0.4, -0.2) is 30.1 Å². The molecule has 0 spiro atoms. The van der Waals surface area contributed by atoms with Crippen LogP contribution in [0.2, 0.25) is 5.02 Å². The Labute approximate surface area is 167 Å². The molecule has 3 aromatic rings. The Morgan fingerprint density at radius 2 is 1.79 bits per heavy atom. The summed E-state index contributed by atoms with van der Waals surface area (Å²) in [4.78, 5) is 20.8. The van der Waals surface area contributed by atoms with E-state index in [1.165, 1.54) is 6.20 Å². The molecule has 0 bridgehead atoms. The zero-order valence-corrected chi connectivity index (χ0v) is 16.2. The number of amides is 1. The summed E-state index contributed by atoms with van der Waals surface area (Å²) < 4.78 is 10.5. The molecular formula is C20H19ClN4O3. The first kappa shape index (κ1) is 19.4. The summed E-state index contributed by atoms with van der Waals surface area (Å²) in [5.41, 5.74) is 1.90. The molecule has 0 radical (unpaired) electrons. The number of anilines is 2. The van der Waals surface area contributed by atoms with Gasteiger partial charge in [0.1, 0.15) is 5.69 Å². The van der Waals surface area contributed by atoms with E-state index in [2.05, 4.69) is 20.6 Å². The highest BCUT2D eigenvalue weighted by atomic mass is 35.5. The van der Waals surface area contributed by atoms with Gasteiger partial charge >= 0.3 is 0 Å². The SMILES string of the molecule is COc1ccc(Nc2nccc(C(=O)NCc3ccc(Cl)cc3)n2)cc1OC. The van der Waals surface area contributed by atoms with Crippen molar-refractivity contribution in [2.75, 3.05) is 19.5 Å². The van der Waals surface area contributed by atoms with Crippen molar-refractivity contribution in [2.45, 2.75) is 6.54 Å². The molecule has 1 amide bonds. The van der Waals surface area contributed by atoms with Crippen LogP contribution >= 0.6 is 11.6 Å². The van der Waals surface area contributed by atoms with Gasteiger partial charge in [0.15, 0.2) is 11.5 Å². The molecule has 0 aliphatic rings. The van der Waals surface area contributed by atoms with Crippen molar-refractivity contribution in [3.8, 4) is 11.5 Å². The van der Waals surface area contributed by atoms with E-state index in [4.69, 9.17) is 21.1 Å². The van der Waals surface area contributed by atoms with Gasteiger partial charge in [-0.25, -0.2) is 9.97 Å². The quantitative estimate of drug-likeness (QED) is 0.629. The first-order valence-electron chi connectivity index (χ1n) is 8.44. The summed E-state index contributed by atoms with van der Waals surface area (Å²) in [7, 11) is 3.13. The van der Waals surface area contributed by atoms with Crippen LogP contribution in [-0.2, 0) is 6.54 Å². The Kier molecular flexibility index (Phi) is 6.29. The molecule has 0 unspecified atom stereocenters. The number of halogens is 1. The predicted octanol–water partition coefficient (Wildman–Crippen LogP) is 3.82. The maximum Gasteiger partial charge on any atom is 0.270 e. The molecular weight excluding hydrogens is 380 g/mol. The van der Waals surface area contributed by atoms with Crippen LogP contribution in [0.25, 0.3) is 0 Å². The molecule has 0 saturated carbocycles. The number of benzene rings is 2. The standard InChI is InChI=1S/C20H19ClN4O3/c1-27-17-8-7-15(11-18(17)28-2)24-20-22-10-9-16(25-20)19(26)23-12-13-3-5-14(21)6-4-13/h3-11H,12H2,1-2H3,(H,23,26)(H,22,24,25). The lowest BCUT2D eigenvalue weighted by atomic mass is 10.2. The molecule has 2 N–H and O–H groups in total.